The Morgan fingerprint density at radius 1 is 0.840 bits per heavy atom. The summed E-state index contributed by atoms with van der Waals surface area (Å²) in [5, 5.41) is 26.4. The van der Waals surface area contributed by atoms with E-state index in [-0.39, 0.29) is 92.8 Å². The Bertz CT molecular complexity index is 756. The summed E-state index contributed by atoms with van der Waals surface area (Å²) < 4.78 is 0. The monoisotopic (exact) mass is 745 g/mol. The van der Waals surface area contributed by atoms with Gasteiger partial charge in [0.2, 0.25) is 5.91 Å². The number of rotatable bonds is 12. The van der Waals surface area contributed by atoms with E-state index in [9.17, 15) is 9.59 Å². The fraction of sp³-hybridized carbons (Fsp3) is 0.692. The lowest BCUT2D eigenvalue weighted by Crippen LogP contribution is -2.37. The van der Waals surface area contributed by atoms with Gasteiger partial charge in [-0.2, -0.15) is 0 Å². The van der Waals surface area contributed by atoms with E-state index in [4.69, 9.17) is 9.90 Å². The van der Waals surface area contributed by atoms with E-state index in [1.807, 2.05) is 77.1 Å². The van der Waals surface area contributed by atoms with Crippen molar-refractivity contribution in [3.8, 4) is 0 Å². The highest BCUT2D eigenvalue weighted by Gasteiger charge is 2.04. The van der Waals surface area contributed by atoms with E-state index in [0.29, 0.717) is 25.7 Å². The van der Waals surface area contributed by atoms with Gasteiger partial charge in [-0.1, -0.05) is 146 Å². The van der Waals surface area contributed by atoms with Gasteiger partial charge in [0.05, 0.1) is 5.01 Å². The summed E-state index contributed by atoms with van der Waals surface area (Å²) in [6, 6.07) is 9.62. The van der Waals surface area contributed by atoms with Crippen LogP contribution in [0.5, 0.6) is 0 Å². The van der Waals surface area contributed by atoms with Gasteiger partial charge in [0.25, 0.3) is 0 Å². The highest BCUT2D eigenvalue weighted by molar-refractivity contribution is 7.09. The first kappa shape index (κ1) is 91.4. The second-order valence-corrected chi connectivity index (χ2v) is 8.52. The van der Waals surface area contributed by atoms with E-state index in [1.165, 1.54) is 6.92 Å². The SMILES string of the molecule is C.C.C.C.C.C.C.C.C.C.C=O.CC.CC.CCCC(CO)CNCNCCNC(C)=O.CNC(=O)NCc1ccccc1.Cc1nccs1. The van der Waals surface area contributed by atoms with Gasteiger partial charge in [-0.25, -0.2) is 4.79 Å². The molecule has 1 aromatic heterocycles. The second-order valence-electron chi connectivity index (χ2n) is 7.42. The Morgan fingerprint density at radius 3 is 1.68 bits per heavy atom. The molecule has 0 radical (unpaired) electrons. The van der Waals surface area contributed by atoms with Crippen molar-refractivity contribution in [3.05, 3.63) is 52.5 Å². The third-order valence-corrected chi connectivity index (χ3v) is 5.10. The highest BCUT2D eigenvalue weighted by Crippen LogP contribution is 2.02. The van der Waals surface area contributed by atoms with Crippen molar-refractivity contribution < 1.29 is 19.5 Å². The zero-order chi connectivity index (χ0) is 31.4. The van der Waals surface area contributed by atoms with Crippen LogP contribution in [0, 0.1) is 12.8 Å². The predicted octanol–water partition coefficient (Wildman–Crippen LogP) is 10.5. The summed E-state index contributed by atoms with van der Waals surface area (Å²) in [5.41, 5.74) is 1.10. The normalized spacial score (nSPS) is 7.54. The van der Waals surface area contributed by atoms with Gasteiger partial charge in [0, 0.05) is 65.0 Å². The number of benzene rings is 1. The molecule has 0 fully saturated rings. The standard InChI is InChI=1S/C11H25N3O2.C9H12N2O.C4H5NS.2C2H6.CH2O.10CH4/c1-3-4-11(8-15)7-13-9-12-5-6-14-10(2)16;1-10-9(12)11-7-8-5-3-2-4-6-8;1-4-5-2-3-6-4;3*1-2;;;;;;;;;;/h11-13,15H,3-9H2,1-2H3,(H,14,16);2-6H,7H2,1H3,(H2,10,11,12);2-3H,1H3;2*1-2H3;1H2;10*1H4. The predicted molar refractivity (Wildman–Crippen MR) is 237 cm³/mol. The summed E-state index contributed by atoms with van der Waals surface area (Å²) in [6.45, 7) is 19.4. The molecule has 0 saturated carbocycles. The van der Waals surface area contributed by atoms with E-state index in [2.05, 4.69) is 38.5 Å². The quantitative estimate of drug-likeness (QED) is 0.0937. The molecular formula is C39H96N6O4S. The molecule has 0 aliphatic heterocycles. The number of nitrogens with one attached hydrogen (secondary N) is 5. The van der Waals surface area contributed by atoms with Crippen LogP contribution < -0.4 is 26.6 Å². The Labute approximate surface area is 320 Å². The number of thiazole rings is 1. The number of hydrogen-bond donors (Lipinski definition) is 6. The lowest BCUT2D eigenvalue weighted by atomic mass is 10.1. The van der Waals surface area contributed by atoms with Gasteiger partial charge >= 0.3 is 6.03 Å². The summed E-state index contributed by atoms with van der Waals surface area (Å²) in [5.74, 6) is 0.347. The average Bonchev–Trinajstić information content (AvgIpc) is 3.49. The lowest BCUT2D eigenvalue weighted by Gasteiger charge is -2.14. The molecule has 0 saturated heterocycles. The number of aliphatic hydroxyl groups excluding tert-OH is 1. The van der Waals surface area contributed by atoms with Crippen molar-refractivity contribution >= 4 is 30.1 Å². The van der Waals surface area contributed by atoms with Crippen LogP contribution in [0.4, 0.5) is 4.79 Å². The molecular weight excluding hydrogens is 649 g/mol. The molecule has 312 valence electrons. The van der Waals surface area contributed by atoms with E-state index < -0.39 is 0 Å². The average molecular weight is 745 g/mol. The Balaban J connectivity index is -0.0000000287. The largest absolute Gasteiger partial charge is 0.396 e. The molecule has 1 heterocycles. The molecule has 1 unspecified atom stereocenters. The van der Waals surface area contributed by atoms with Crippen LogP contribution in [0.15, 0.2) is 41.9 Å². The van der Waals surface area contributed by atoms with Crippen LogP contribution in [0.25, 0.3) is 0 Å². The first-order chi connectivity index (χ1) is 19.4. The number of nitrogens with zero attached hydrogens (tertiary/aromatic N) is 1. The summed E-state index contributed by atoms with van der Waals surface area (Å²) >= 11 is 1.67. The topological polar surface area (TPSA) is 144 Å². The zero-order valence-electron chi connectivity index (χ0n) is 26.0. The molecule has 6 N–H and O–H groups in total. The molecule has 0 bridgehead atoms. The highest BCUT2D eigenvalue weighted by atomic mass is 32.1. The number of aromatic nitrogens is 1. The number of carbonyl (C=O) groups is 3. The number of urea groups is 1. The maximum atomic E-state index is 10.8. The first-order valence-electron chi connectivity index (χ1n) is 13.8. The summed E-state index contributed by atoms with van der Waals surface area (Å²) in [4.78, 5) is 33.2. The molecule has 0 spiro atoms. The van der Waals surface area contributed by atoms with Crippen molar-refractivity contribution in [2.45, 2.75) is 142 Å². The molecule has 3 amide bonds. The minimum absolute atomic E-state index is 0. The number of amides is 3. The van der Waals surface area contributed by atoms with Gasteiger partial charge in [0.1, 0.15) is 6.79 Å². The minimum Gasteiger partial charge on any atom is -0.396 e. The lowest BCUT2D eigenvalue weighted by molar-refractivity contribution is -0.118. The van der Waals surface area contributed by atoms with Crippen LogP contribution in [0.2, 0.25) is 0 Å². The van der Waals surface area contributed by atoms with Crippen molar-refractivity contribution in [2.24, 2.45) is 5.92 Å². The van der Waals surface area contributed by atoms with Gasteiger partial charge in [0.15, 0.2) is 0 Å². The molecule has 11 heteroatoms. The zero-order valence-corrected chi connectivity index (χ0v) is 26.8. The second kappa shape index (κ2) is 80.7. The molecule has 50 heavy (non-hydrogen) atoms. The van der Waals surface area contributed by atoms with E-state index in [0.717, 1.165) is 36.5 Å². The number of aryl methyl sites for hydroxylation is 1. The van der Waals surface area contributed by atoms with Crippen LogP contribution in [0.1, 0.15) is 139 Å². The van der Waals surface area contributed by atoms with Crippen LogP contribution in [-0.4, -0.2) is 68.8 Å². The van der Waals surface area contributed by atoms with Gasteiger partial charge in [-0.3, -0.25) is 9.78 Å². The molecule has 10 nitrogen and oxygen atoms in total. The van der Waals surface area contributed by atoms with Crippen LogP contribution >= 0.6 is 11.3 Å². The van der Waals surface area contributed by atoms with Crippen molar-refractivity contribution in [1.29, 1.82) is 0 Å². The third-order valence-electron chi connectivity index (χ3n) is 4.39. The van der Waals surface area contributed by atoms with Crippen molar-refractivity contribution in [2.75, 3.05) is 40.0 Å². The number of aliphatic hydroxyl groups is 1. The van der Waals surface area contributed by atoms with Crippen molar-refractivity contribution in [3.63, 3.8) is 0 Å². The fourth-order valence-electron chi connectivity index (χ4n) is 2.61. The summed E-state index contributed by atoms with van der Waals surface area (Å²) in [6.07, 6.45) is 3.96. The van der Waals surface area contributed by atoms with Crippen LogP contribution in [-0.2, 0) is 16.1 Å². The number of hydrogen-bond acceptors (Lipinski definition) is 8. The Morgan fingerprint density at radius 2 is 1.34 bits per heavy atom. The van der Waals surface area contributed by atoms with Gasteiger partial charge in [-0.05, 0) is 24.8 Å². The van der Waals surface area contributed by atoms with Crippen molar-refractivity contribution in [1.82, 2.24) is 31.6 Å². The Kier molecular flexibility index (Phi) is 147. The maximum Gasteiger partial charge on any atom is 0.314 e. The fourth-order valence-corrected chi connectivity index (χ4v) is 3.05. The Hall–Kier alpha value is -2.86. The summed E-state index contributed by atoms with van der Waals surface area (Å²) in [7, 11) is 1.60. The molecule has 1 aromatic carbocycles. The van der Waals surface area contributed by atoms with Gasteiger partial charge < -0.3 is 36.5 Å². The molecule has 0 aliphatic rings. The van der Waals surface area contributed by atoms with Gasteiger partial charge in [-0.15, -0.1) is 11.3 Å². The molecule has 1 atom stereocenters. The maximum absolute atomic E-state index is 10.8. The molecule has 2 rings (SSSR count). The first-order valence-corrected chi connectivity index (χ1v) is 14.7. The molecule has 2 aromatic rings. The third kappa shape index (κ3) is 75.5. The molecule has 0 aliphatic carbocycles. The number of carbonyl (C=O) groups excluding carboxylic acids is 3. The van der Waals surface area contributed by atoms with E-state index >= 15 is 0 Å². The van der Waals surface area contributed by atoms with Crippen LogP contribution in [0.3, 0.4) is 0 Å². The van der Waals surface area contributed by atoms with E-state index in [1.54, 1.807) is 24.6 Å². The minimum atomic E-state index is -0.154. The smallest absolute Gasteiger partial charge is 0.314 e.